The summed E-state index contributed by atoms with van der Waals surface area (Å²) in [6.45, 7) is 1.57. The standard InChI is InChI=1S/C18H16N2O4/c1-11-7-8-14(15(9-11)24-2)19-16(21)10-20-17(22)12-5-3-4-6-13(12)18(20)23/h3-9H,10H2,1-2H3,(H,19,21). The third kappa shape index (κ3) is 2.74. The summed E-state index contributed by atoms with van der Waals surface area (Å²) in [4.78, 5) is 37.7. The van der Waals surface area contributed by atoms with Crippen molar-refractivity contribution >= 4 is 23.4 Å². The first-order valence-electron chi connectivity index (χ1n) is 7.41. The van der Waals surface area contributed by atoms with Crippen LogP contribution in [-0.2, 0) is 4.79 Å². The van der Waals surface area contributed by atoms with Crippen molar-refractivity contribution in [3.63, 3.8) is 0 Å². The number of benzene rings is 2. The average molecular weight is 324 g/mol. The lowest BCUT2D eigenvalue weighted by Crippen LogP contribution is -2.37. The molecule has 0 unspecified atom stereocenters. The summed E-state index contributed by atoms with van der Waals surface area (Å²) in [7, 11) is 1.51. The van der Waals surface area contributed by atoms with Gasteiger partial charge in [0, 0.05) is 0 Å². The molecular formula is C18H16N2O4. The zero-order valence-corrected chi connectivity index (χ0v) is 13.3. The monoisotopic (exact) mass is 324 g/mol. The molecule has 122 valence electrons. The Kier molecular flexibility index (Phi) is 4.04. The maximum absolute atomic E-state index is 12.3. The van der Waals surface area contributed by atoms with Crippen LogP contribution in [0.3, 0.4) is 0 Å². The highest BCUT2D eigenvalue weighted by Gasteiger charge is 2.36. The Balaban J connectivity index is 1.75. The van der Waals surface area contributed by atoms with E-state index in [2.05, 4.69) is 5.32 Å². The molecule has 6 heteroatoms. The zero-order valence-electron chi connectivity index (χ0n) is 13.3. The average Bonchev–Trinajstić information content (AvgIpc) is 2.82. The van der Waals surface area contributed by atoms with Crippen LogP contribution in [0.1, 0.15) is 26.3 Å². The van der Waals surface area contributed by atoms with E-state index < -0.39 is 17.7 Å². The lowest BCUT2D eigenvalue weighted by Gasteiger charge is -2.15. The lowest BCUT2D eigenvalue weighted by atomic mass is 10.1. The molecule has 0 bridgehead atoms. The molecule has 0 saturated heterocycles. The van der Waals surface area contributed by atoms with E-state index in [1.54, 1.807) is 36.4 Å². The van der Waals surface area contributed by atoms with Gasteiger partial charge in [-0.3, -0.25) is 19.3 Å². The van der Waals surface area contributed by atoms with Crippen LogP contribution in [0.2, 0.25) is 0 Å². The Hall–Kier alpha value is -3.15. The minimum Gasteiger partial charge on any atom is -0.495 e. The van der Waals surface area contributed by atoms with E-state index in [9.17, 15) is 14.4 Å². The summed E-state index contributed by atoms with van der Waals surface area (Å²) >= 11 is 0. The fraction of sp³-hybridized carbons (Fsp3) is 0.167. The molecule has 1 heterocycles. The van der Waals surface area contributed by atoms with Crippen LogP contribution in [0, 0.1) is 6.92 Å². The fourth-order valence-corrected chi connectivity index (χ4v) is 2.62. The summed E-state index contributed by atoms with van der Waals surface area (Å²) in [6.07, 6.45) is 0. The predicted octanol–water partition coefficient (Wildman–Crippen LogP) is 2.24. The molecule has 0 saturated carbocycles. The van der Waals surface area contributed by atoms with Crippen LogP contribution in [0.25, 0.3) is 0 Å². The van der Waals surface area contributed by atoms with Gasteiger partial charge in [-0.1, -0.05) is 18.2 Å². The van der Waals surface area contributed by atoms with Crippen molar-refractivity contribution in [2.75, 3.05) is 19.0 Å². The smallest absolute Gasteiger partial charge is 0.262 e. The number of fused-ring (bicyclic) bond motifs is 1. The predicted molar refractivity (Wildman–Crippen MR) is 88.2 cm³/mol. The first-order valence-corrected chi connectivity index (χ1v) is 7.41. The number of carbonyl (C=O) groups is 3. The number of carbonyl (C=O) groups excluding carboxylic acids is 3. The molecule has 3 amide bonds. The molecular weight excluding hydrogens is 308 g/mol. The van der Waals surface area contributed by atoms with Gasteiger partial charge in [-0.15, -0.1) is 0 Å². The molecule has 24 heavy (non-hydrogen) atoms. The van der Waals surface area contributed by atoms with Gasteiger partial charge in [-0.05, 0) is 36.8 Å². The number of nitrogens with zero attached hydrogens (tertiary/aromatic N) is 1. The number of hydrogen-bond donors (Lipinski definition) is 1. The molecule has 0 spiro atoms. The highest BCUT2D eigenvalue weighted by Crippen LogP contribution is 2.26. The van der Waals surface area contributed by atoms with Crippen LogP contribution < -0.4 is 10.1 Å². The molecule has 1 aliphatic rings. The van der Waals surface area contributed by atoms with Crippen LogP contribution in [0.4, 0.5) is 5.69 Å². The van der Waals surface area contributed by atoms with Gasteiger partial charge in [-0.2, -0.15) is 0 Å². The Bertz CT molecular complexity index is 810. The molecule has 2 aromatic rings. The van der Waals surface area contributed by atoms with E-state index in [1.807, 2.05) is 13.0 Å². The van der Waals surface area contributed by atoms with Crippen molar-refractivity contribution in [1.82, 2.24) is 4.90 Å². The summed E-state index contributed by atoms with van der Waals surface area (Å²) < 4.78 is 5.23. The van der Waals surface area contributed by atoms with E-state index in [0.29, 0.717) is 22.6 Å². The zero-order chi connectivity index (χ0) is 17.3. The van der Waals surface area contributed by atoms with Crippen molar-refractivity contribution in [2.24, 2.45) is 0 Å². The first-order chi connectivity index (χ1) is 11.5. The third-order valence-corrected chi connectivity index (χ3v) is 3.81. The number of ether oxygens (including phenoxy) is 1. The minimum atomic E-state index is -0.466. The number of rotatable bonds is 4. The lowest BCUT2D eigenvalue weighted by molar-refractivity contribution is -0.116. The SMILES string of the molecule is COc1cc(C)ccc1NC(=O)CN1C(=O)c2ccccc2C1=O. The van der Waals surface area contributed by atoms with Crippen molar-refractivity contribution in [1.29, 1.82) is 0 Å². The summed E-state index contributed by atoms with van der Waals surface area (Å²) in [6, 6.07) is 11.9. The summed E-state index contributed by atoms with van der Waals surface area (Å²) in [5.41, 5.74) is 2.13. The number of amides is 3. The summed E-state index contributed by atoms with van der Waals surface area (Å²) in [5, 5.41) is 2.67. The Morgan fingerprint density at radius 2 is 1.71 bits per heavy atom. The second kappa shape index (κ2) is 6.16. The largest absolute Gasteiger partial charge is 0.495 e. The second-order valence-corrected chi connectivity index (χ2v) is 5.49. The van der Waals surface area contributed by atoms with Crippen molar-refractivity contribution in [3.05, 3.63) is 59.2 Å². The fourth-order valence-electron chi connectivity index (χ4n) is 2.62. The molecule has 1 N–H and O–H groups in total. The molecule has 0 atom stereocenters. The number of hydrogen-bond acceptors (Lipinski definition) is 4. The maximum atomic E-state index is 12.3. The number of anilines is 1. The van der Waals surface area contributed by atoms with E-state index in [-0.39, 0.29) is 6.54 Å². The number of aryl methyl sites for hydroxylation is 1. The molecule has 0 aromatic heterocycles. The van der Waals surface area contributed by atoms with Crippen molar-refractivity contribution in [3.8, 4) is 5.75 Å². The molecule has 2 aromatic carbocycles. The highest BCUT2D eigenvalue weighted by molar-refractivity contribution is 6.22. The Morgan fingerprint density at radius 1 is 1.08 bits per heavy atom. The number of methoxy groups -OCH3 is 1. The summed E-state index contributed by atoms with van der Waals surface area (Å²) in [5.74, 6) is -0.861. The van der Waals surface area contributed by atoms with Gasteiger partial charge in [0.25, 0.3) is 11.8 Å². The van der Waals surface area contributed by atoms with E-state index in [0.717, 1.165) is 10.5 Å². The van der Waals surface area contributed by atoms with Gasteiger partial charge in [0.15, 0.2) is 0 Å². The van der Waals surface area contributed by atoms with Crippen LogP contribution in [-0.4, -0.2) is 36.3 Å². The van der Waals surface area contributed by atoms with Gasteiger partial charge >= 0.3 is 0 Å². The van der Waals surface area contributed by atoms with E-state index >= 15 is 0 Å². The minimum absolute atomic E-state index is 0.322. The Morgan fingerprint density at radius 3 is 2.29 bits per heavy atom. The van der Waals surface area contributed by atoms with Crippen molar-refractivity contribution in [2.45, 2.75) is 6.92 Å². The first kappa shape index (κ1) is 15.7. The van der Waals surface area contributed by atoms with E-state index in [4.69, 9.17) is 4.74 Å². The molecule has 3 rings (SSSR count). The van der Waals surface area contributed by atoms with Crippen LogP contribution in [0.15, 0.2) is 42.5 Å². The molecule has 0 fully saturated rings. The molecule has 1 aliphatic heterocycles. The van der Waals surface area contributed by atoms with E-state index in [1.165, 1.54) is 7.11 Å². The molecule has 0 aliphatic carbocycles. The van der Waals surface area contributed by atoms with Crippen molar-refractivity contribution < 1.29 is 19.1 Å². The van der Waals surface area contributed by atoms with Crippen LogP contribution >= 0.6 is 0 Å². The van der Waals surface area contributed by atoms with Gasteiger partial charge in [0.2, 0.25) is 5.91 Å². The number of imide groups is 1. The topological polar surface area (TPSA) is 75.7 Å². The van der Waals surface area contributed by atoms with Gasteiger partial charge in [-0.25, -0.2) is 0 Å². The normalized spacial score (nSPS) is 13.0. The quantitative estimate of drug-likeness (QED) is 0.875. The second-order valence-electron chi connectivity index (χ2n) is 5.49. The molecule has 6 nitrogen and oxygen atoms in total. The van der Waals surface area contributed by atoms with Crippen LogP contribution in [0.5, 0.6) is 5.75 Å². The molecule has 0 radical (unpaired) electrons. The van der Waals surface area contributed by atoms with Gasteiger partial charge in [0.05, 0.1) is 23.9 Å². The number of nitrogens with one attached hydrogen (secondary N) is 1. The third-order valence-electron chi connectivity index (χ3n) is 3.81. The van der Waals surface area contributed by atoms with Gasteiger partial charge < -0.3 is 10.1 Å². The maximum Gasteiger partial charge on any atom is 0.262 e. The highest BCUT2D eigenvalue weighted by atomic mass is 16.5. The Labute approximate surface area is 139 Å². The van der Waals surface area contributed by atoms with Gasteiger partial charge in [0.1, 0.15) is 12.3 Å².